The molecular formula is C19H22ClN3O. The summed E-state index contributed by atoms with van der Waals surface area (Å²) in [6, 6.07) is 16.0. The molecule has 1 saturated heterocycles. The van der Waals surface area contributed by atoms with Crippen molar-refractivity contribution in [2.45, 2.75) is 6.92 Å². The fourth-order valence-corrected chi connectivity index (χ4v) is 3.22. The molecule has 2 aromatic carbocycles. The lowest BCUT2D eigenvalue weighted by atomic mass is 10.1. The lowest BCUT2D eigenvalue weighted by molar-refractivity contribution is 0.269. The highest BCUT2D eigenvalue weighted by molar-refractivity contribution is 6.34. The summed E-state index contributed by atoms with van der Waals surface area (Å²) in [7, 11) is 1.71. The van der Waals surface area contributed by atoms with Gasteiger partial charge in [-0.05, 0) is 25.1 Å². The van der Waals surface area contributed by atoms with Gasteiger partial charge in [0.1, 0.15) is 5.75 Å². The fraction of sp³-hybridized carbons (Fsp3) is 0.316. The second-order valence-corrected chi connectivity index (χ2v) is 6.19. The number of ether oxygens (including phenoxy) is 1. The van der Waals surface area contributed by atoms with E-state index in [1.54, 1.807) is 7.11 Å². The Bertz CT molecular complexity index is 724. The fourth-order valence-electron chi connectivity index (χ4n) is 2.95. The summed E-state index contributed by atoms with van der Waals surface area (Å²) in [6.45, 7) is 5.59. The van der Waals surface area contributed by atoms with Crippen molar-refractivity contribution in [3.63, 3.8) is 0 Å². The largest absolute Gasteiger partial charge is 0.495 e. The van der Waals surface area contributed by atoms with E-state index in [-0.39, 0.29) is 0 Å². The molecular weight excluding hydrogens is 322 g/mol. The van der Waals surface area contributed by atoms with Gasteiger partial charge in [0.2, 0.25) is 0 Å². The Morgan fingerprint density at radius 2 is 1.67 bits per heavy atom. The third kappa shape index (κ3) is 3.65. The van der Waals surface area contributed by atoms with Gasteiger partial charge >= 0.3 is 0 Å². The number of halogens is 1. The van der Waals surface area contributed by atoms with Crippen LogP contribution < -0.4 is 9.64 Å². The number of rotatable bonds is 4. The van der Waals surface area contributed by atoms with Crippen LogP contribution in [0.25, 0.3) is 0 Å². The zero-order valence-electron chi connectivity index (χ0n) is 14.1. The molecule has 24 heavy (non-hydrogen) atoms. The van der Waals surface area contributed by atoms with Crippen molar-refractivity contribution in [1.82, 2.24) is 5.01 Å². The predicted molar refractivity (Wildman–Crippen MR) is 100 cm³/mol. The topological polar surface area (TPSA) is 28.1 Å². The van der Waals surface area contributed by atoms with Crippen LogP contribution in [0.15, 0.2) is 53.6 Å². The minimum absolute atomic E-state index is 0.742. The maximum Gasteiger partial charge on any atom is 0.142 e. The second kappa shape index (κ2) is 7.58. The first-order valence-electron chi connectivity index (χ1n) is 8.12. The highest BCUT2D eigenvalue weighted by atomic mass is 35.5. The van der Waals surface area contributed by atoms with Crippen molar-refractivity contribution in [2.24, 2.45) is 5.10 Å². The maximum atomic E-state index is 6.25. The highest BCUT2D eigenvalue weighted by Gasteiger charge is 2.19. The molecule has 0 atom stereocenters. The van der Waals surface area contributed by atoms with Crippen LogP contribution in [0.5, 0.6) is 5.75 Å². The number of nitrogens with zero attached hydrogens (tertiary/aromatic N) is 3. The third-order valence-electron chi connectivity index (χ3n) is 4.24. The summed E-state index contributed by atoms with van der Waals surface area (Å²) in [5.74, 6) is 0.918. The quantitative estimate of drug-likeness (QED) is 0.788. The monoisotopic (exact) mass is 343 g/mol. The van der Waals surface area contributed by atoms with Crippen LogP contribution in [-0.2, 0) is 0 Å². The number of anilines is 1. The van der Waals surface area contributed by atoms with Gasteiger partial charge in [0.05, 0.1) is 31.6 Å². The number of piperazine rings is 1. The molecule has 126 valence electrons. The number of hydrazone groups is 1. The zero-order chi connectivity index (χ0) is 16.9. The first kappa shape index (κ1) is 16.7. The van der Waals surface area contributed by atoms with Crippen LogP contribution in [0.3, 0.4) is 0 Å². The normalized spacial score (nSPS) is 15.5. The van der Waals surface area contributed by atoms with Gasteiger partial charge in [-0.25, -0.2) is 0 Å². The van der Waals surface area contributed by atoms with Crippen molar-refractivity contribution < 1.29 is 4.74 Å². The van der Waals surface area contributed by atoms with Gasteiger partial charge in [-0.3, -0.25) is 5.01 Å². The van der Waals surface area contributed by atoms with Crippen LogP contribution in [0.1, 0.15) is 12.5 Å². The van der Waals surface area contributed by atoms with E-state index in [0.717, 1.165) is 53.9 Å². The number of methoxy groups -OCH3 is 1. The molecule has 0 spiro atoms. The molecule has 0 aromatic heterocycles. The number of para-hydroxylation sites is 2. The van der Waals surface area contributed by atoms with Crippen LogP contribution in [0.4, 0.5) is 5.69 Å². The van der Waals surface area contributed by atoms with E-state index in [4.69, 9.17) is 21.4 Å². The van der Waals surface area contributed by atoms with Crippen molar-refractivity contribution in [1.29, 1.82) is 0 Å². The molecule has 0 amide bonds. The van der Waals surface area contributed by atoms with E-state index < -0.39 is 0 Å². The zero-order valence-corrected chi connectivity index (χ0v) is 14.8. The number of hydrogen-bond acceptors (Lipinski definition) is 4. The predicted octanol–water partition coefficient (Wildman–Crippen LogP) is 3.89. The van der Waals surface area contributed by atoms with E-state index >= 15 is 0 Å². The first-order valence-corrected chi connectivity index (χ1v) is 8.50. The molecule has 0 unspecified atom stereocenters. The van der Waals surface area contributed by atoms with Crippen LogP contribution in [-0.4, -0.2) is 44.0 Å². The van der Waals surface area contributed by atoms with E-state index in [1.807, 2.05) is 49.4 Å². The van der Waals surface area contributed by atoms with Gasteiger partial charge < -0.3 is 9.64 Å². The molecule has 1 heterocycles. The molecule has 1 aliphatic heterocycles. The Balaban J connectivity index is 1.67. The number of benzene rings is 2. The van der Waals surface area contributed by atoms with Gasteiger partial charge in [-0.15, -0.1) is 0 Å². The van der Waals surface area contributed by atoms with Crippen molar-refractivity contribution in [2.75, 3.05) is 38.2 Å². The van der Waals surface area contributed by atoms with E-state index in [1.165, 1.54) is 0 Å². The Morgan fingerprint density at radius 3 is 2.38 bits per heavy atom. The highest BCUT2D eigenvalue weighted by Crippen LogP contribution is 2.28. The second-order valence-electron chi connectivity index (χ2n) is 5.78. The van der Waals surface area contributed by atoms with Crippen LogP contribution >= 0.6 is 11.6 Å². The maximum absolute atomic E-state index is 6.25. The van der Waals surface area contributed by atoms with E-state index in [0.29, 0.717) is 0 Å². The summed E-state index contributed by atoms with van der Waals surface area (Å²) < 4.78 is 5.46. The van der Waals surface area contributed by atoms with E-state index in [2.05, 4.69) is 16.0 Å². The SMILES string of the molecule is COc1ccccc1N1CCN(N=C(C)c2ccccc2Cl)CC1. The van der Waals surface area contributed by atoms with Gasteiger partial charge in [0.15, 0.2) is 0 Å². The average molecular weight is 344 g/mol. The Morgan fingerprint density at radius 1 is 1.00 bits per heavy atom. The van der Waals surface area contributed by atoms with Crippen molar-refractivity contribution in [3.8, 4) is 5.75 Å². The molecule has 5 heteroatoms. The van der Waals surface area contributed by atoms with Crippen molar-refractivity contribution >= 4 is 23.0 Å². The molecule has 1 aliphatic rings. The van der Waals surface area contributed by atoms with Gasteiger partial charge in [-0.2, -0.15) is 5.10 Å². The van der Waals surface area contributed by atoms with Gasteiger partial charge in [-0.1, -0.05) is 41.9 Å². The summed E-state index contributed by atoms with van der Waals surface area (Å²) in [4.78, 5) is 2.34. The minimum atomic E-state index is 0.742. The molecule has 1 fully saturated rings. The van der Waals surface area contributed by atoms with Gasteiger partial charge in [0.25, 0.3) is 0 Å². The smallest absolute Gasteiger partial charge is 0.142 e. The minimum Gasteiger partial charge on any atom is -0.495 e. The van der Waals surface area contributed by atoms with Crippen molar-refractivity contribution in [3.05, 3.63) is 59.1 Å². The Kier molecular flexibility index (Phi) is 5.26. The molecule has 0 radical (unpaired) electrons. The Labute approximate surface area is 148 Å². The molecule has 3 rings (SSSR count). The van der Waals surface area contributed by atoms with Crippen LogP contribution in [0.2, 0.25) is 5.02 Å². The van der Waals surface area contributed by atoms with Crippen LogP contribution in [0, 0.1) is 0 Å². The summed E-state index contributed by atoms with van der Waals surface area (Å²) in [5, 5.41) is 7.60. The first-order chi connectivity index (χ1) is 11.7. The molecule has 2 aromatic rings. The number of hydrogen-bond donors (Lipinski definition) is 0. The lowest BCUT2D eigenvalue weighted by Crippen LogP contribution is -2.44. The molecule has 0 aliphatic carbocycles. The summed E-state index contributed by atoms with van der Waals surface area (Å²) in [5.41, 5.74) is 3.09. The Hall–Kier alpha value is -2.20. The van der Waals surface area contributed by atoms with Gasteiger partial charge in [0, 0.05) is 23.7 Å². The third-order valence-corrected chi connectivity index (χ3v) is 4.57. The molecule has 4 nitrogen and oxygen atoms in total. The molecule has 0 saturated carbocycles. The molecule has 0 bridgehead atoms. The standard InChI is InChI=1S/C19H22ClN3O/c1-15(16-7-3-4-8-17(16)20)21-23-13-11-22(12-14-23)18-9-5-6-10-19(18)24-2/h3-10H,11-14H2,1-2H3. The lowest BCUT2D eigenvalue weighted by Gasteiger charge is -2.35. The van der Waals surface area contributed by atoms with E-state index in [9.17, 15) is 0 Å². The average Bonchev–Trinajstić information content (AvgIpc) is 2.62. The molecule has 0 N–H and O–H groups in total. The summed E-state index contributed by atoms with van der Waals surface area (Å²) in [6.07, 6.45) is 0. The summed E-state index contributed by atoms with van der Waals surface area (Å²) >= 11 is 6.25.